The van der Waals surface area contributed by atoms with Gasteiger partial charge in [-0.05, 0) is 19.1 Å². The van der Waals surface area contributed by atoms with Crippen LogP contribution in [0.2, 0.25) is 0 Å². The average Bonchev–Trinajstić information content (AvgIpc) is 2.39. The number of aryl methyl sites for hydroxylation is 1. The molecule has 1 aromatic rings. The van der Waals surface area contributed by atoms with Crippen molar-refractivity contribution in [3.8, 4) is 0 Å². The van der Waals surface area contributed by atoms with Crippen molar-refractivity contribution in [2.24, 2.45) is 0 Å². The maximum Gasteiger partial charge on any atom is 0.344 e. The Morgan fingerprint density at radius 3 is 2.22 bits per heavy atom. The predicted octanol–water partition coefficient (Wildman–Crippen LogP) is 2.32. The van der Waals surface area contributed by atoms with Gasteiger partial charge < -0.3 is 9.47 Å². The number of carbonyl (C=O) groups is 2. The van der Waals surface area contributed by atoms with Crippen LogP contribution in [0.1, 0.15) is 5.56 Å². The Bertz CT molecular complexity index is 462. The van der Waals surface area contributed by atoms with Crippen LogP contribution >= 0.6 is 11.8 Å². The number of hydrogen-bond acceptors (Lipinski definition) is 5. The van der Waals surface area contributed by atoms with Crippen molar-refractivity contribution in [1.82, 2.24) is 0 Å². The van der Waals surface area contributed by atoms with Crippen molar-refractivity contribution in [2.75, 3.05) is 14.2 Å². The molecule has 0 radical (unpaired) electrons. The zero-order valence-corrected chi connectivity index (χ0v) is 11.2. The molecule has 18 heavy (non-hydrogen) atoms. The molecule has 0 bridgehead atoms. The van der Waals surface area contributed by atoms with Gasteiger partial charge in [-0.25, -0.2) is 9.59 Å². The minimum atomic E-state index is -0.588. The summed E-state index contributed by atoms with van der Waals surface area (Å²) in [4.78, 5) is 23.7. The third-order valence-corrected chi connectivity index (χ3v) is 3.10. The van der Waals surface area contributed by atoms with E-state index in [-0.39, 0.29) is 4.91 Å². The highest BCUT2D eigenvalue weighted by Crippen LogP contribution is 2.27. The number of carbonyl (C=O) groups excluding carboxylic acids is 2. The second kappa shape index (κ2) is 6.86. The summed E-state index contributed by atoms with van der Waals surface area (Å²) in [5.74, 6) is -1.15. The van der Waals surface area contributed by atoms with E-state index in [9.17, 15) is 9.59 Å². The maximum absolute atomic E-state index is 11.5. The molecule has 0 heterocycles. The summed E-state index contributed by atoms with van der Waals surface area (Å²) in [6.07, 6.45) is 1.12. The molecular weight excluding hydrogens is 252 g/mol. The van der Waals surface area contributed by atoms with Crippen molar-refractivity contribution >= 4 is 23.7 Å². The number of thioether (sulfide) groups is 1. The van der Waals surface area contributed by atoms with Gasteiger partial charge in [0.05, 0.1) is 14.2 Å². The van der Waals surface area contributed by atoms with Crippen molar-refractivity contribution in [3.63, 3.8) is 0 Å². The normalized spacial score (nSPS) is 10.9. The predicted molar refractivity (Wildman–Crippen MR) is 69.2 cm³/mol. The van der Waals surface area contributed by atoms with Crippen LogP contribution in [0.15, 0.2) is 40.1 Å². The summed E-state index contributed by atoms with van der Waals surface area (Å²) >= 11 is 1.16. The fourth-order valence-electron chi connectivity index (χ4n) is 1.13. The molecule has 0 saturated carbocycles. The van der Waals surface area contributed by atoms with Gasteiger partial charge in [0, 0.05) is 11.0 Å². The Balaban J connectivity index is 2.91. The monoisotopic (exact) mass is 266 g/mol. The van der Waals surface area contributed by atoms with Crippen molar-refractivity contribution in [1.29, 1.82) is 0 Å². The summed E-state index contributed by atoms with van der Waals surface area (Å²) in [5, 5.41) is 0. The number of ether oxygens (including phenoxy) is 2. The minimum absolute atomic E-state index is 0.188. The second-order valence-electron chi connectivity index (χ2n) is 3.44. The van der Waals surface area contributed by atoms with Gasteiger partial charge in [-0.15, -0.1) is 0 Å². The molecule has 0 amide bonds. The topological polar surface area (TPSA) is 52.6 Å². The number of esters is 2. The molecule has 1 rings (SSSR count). The molecule has 0 aliphatic carbocycles. The van der Waals surface area contributed by atoms with Crippen LogP contribution in [0.25, 0.3) is 0 Å². The lowest BCUT2D eigenvalue weighted by atomic mass is 10.2. The zero-order chi connectivity index (χ0) is 13.5. The van der Waals surface area contributed by atoms with E-state index in [1.165, 1.54) is 14.2 Å². The average molecular weight is 266 g/mol. The molecular formula is C13H14O4S. The molecule has 0 unspecified atom stereocenters. The van der Waals surface area contributed by atoms with Crippen LogP contribution in [0.3, 0.4) is 0 Å². The highest BCUT2D eigenvalue weighted by Gasteiger charge is 2.14. The third-order valence-electron chi connectivity index (χ3n) is 2.09. The summed E-state index contributed by atoms with van der Waals surface area (Å²) < 4.78 is 9.11. The lowest BCUT2D eigenvalue weighted by Gasteiger charge is -2.05. The van der Waals surface area contributed by atoms with Gasteiger partial charge in [-0.3, -0.25) is 0 Å². The fourth-order valence-corrected chi connectivity index (χ4v) is 1.98. The van der Waals surface area contributed by atoms with Crippen molar-refractivity contribution in [2.45, 2.75) is 11.8 Å². The quantitative estimate of drug-likeness (QED) is 0.475. The standard InChI is InChI=1S/C13H14O4S/c1-9-4-6-10(7-5-9)18-11(13(15)17-3)8-12(14)16-2/h4-8H,1-3H3. The van der Waals surface area contributed by atoms with Crippen LogP contribution < -0.4 is 0 Å². The van der Waals surface area contributed by atoms with E-state index in [0.717, 1.165) is 28.3 Å². The Morgan fingerprint density at radius 2 is 1.72 bits per heavy atom. The number of benzene rings is 1. The van der Waals surface area contributed by atoms with Gasteiger partial charge in [-0.2, -0.15) is 0 Å². The van der Waals surface area contributed by atoms with Crippen LogP contribution in [-0.2, 0) is 19.1 Å². The highest BCUT2D eigenvalue weighted by molar-refractivity contribution is 8.04. The van der Waals surface area contributed by atoms with Crippen LogP contribution in [0.4, 0.5) is 0 Å². The lowest BCUT2D eigenvalue weighted by Crippen LogP contribution is -2.05. The molecule has 4 nitrogen and oxygen atoms in total. The largest absolute Gasteiger partial charge is 0.466 e. The lowest BCUT2D eigenvalue weighted by molar-refractivity contribution is -0.137. The first kappa shape index (κ1) is 14.3. The van der Waals surface area contributed by atoms with E-state index in [0.29, 0.717) is 0 Å². The number of hydrogen-bond donors (Lipinski definition) is 0. The van der Waals surface area contributed by atoms with Gasteiger partial charge in [0.1, 0.15) is 4.91 Å². The summed E-state index contributed by atoms with van der Waals surface area (Å²) in [6, 6.07) is 7.59. The first-order chi connectivity index (χ1) is 8.56. The molecule has 0 fully saturated rings. The van der Waals surface area contributed by atoms with Gasteiger partial charge in [0.2, 0.25) is 0 Å². The van der Waals surface area contributed by atoms with E-state index in [1.807, 2.05) is 31.2 Å². The zero-order valence-electron chi connectivity index (χ0n) is 10.4. The van der Waals surface area contributed by atoms with E-state index in [4.69, 9.17) is 0 Å². The Hall–Kier alpha value is -1.75. The van der Waals surface area contributed by atoms with E-state index >= 15 is 0 Å². The molecule has 0 aliphatic heterocycles. The van der Waals surface area contributed by atoms with Gasteiger partial charge >= 0.3 is 11.9 Å². The van der Waals surface area contributed by atoms with E-state index < -0.39 is 11.9 Å². The summed E-state index contributed by atoms with van der Waals surface area (Å²) in [7, 11) is 2.52. The molecule has 0 spiro atoms. The Labute approximate surface area is 110 Å². The van der Waals surface area contributed by atoms with Crippen LogP contribution in [0.5, 0.6) is 0 Å². The summed E-state index contributed by atoms with van der Waals surface area (Å²) in [6.45, 7) is 1.97. The van der Waals surface area contributed by atoms with E-state index in [1.54, 1.807) is 0 Å². The smallest absolute Gasteiger partial charge is 0.344 e. The second-order valence-corrected chi connectivity index (χ2v) is 4.55. The molecule has 0 aromatic heterocycles. The van der Waals surface area contributed by atoms with Crippen molar-refractivity contribution in [3.05, 3.63) is 40.8 Å². The molecule has 0 aliphatic rings. The first-order valence-electron chi connectivity index (χ1n) is 5.19. The highest BCUT2D eigenvalue weighted by atomic mass is 32.2. The number of rotatable bonds is 4. The minimum Gasteiger partial charge on any atom is -0.466 e. The first-order valence-corrected chi connectivity index (χ1v) is 6.01. The van der Waals surface area contributed by atoms with Gasteiger partial charge in [0.15, 0.2) is 0 Å². The van der Waals surface area contributed by atoms with Crippen LogP contribution in [-0.4, -0.2) is 26.2 Å². The Morgan fingerprint density at radius 1 is 1.11 bits per heavy atom. The molecule has 5 heteroatoms. The van der Waals surface area contributed by atoms with Gasteiger partial charge in [-0.1, -0.05) is 29.5 Å². The molecule has 96 valence electrons. The van der Waals surface area contributed by atoms with E-state index in [2.05, 4.69) is 9.47 Å². The van der Waals surface area contributed by atoms with Crippen LogP contribution in [0, 0.1) is 6.92 Å². The summed E-state index contributed by atoms with van der Waals surface area (Å²) in [5.41, 5.74) is 1.12. The SMILES string of the molecule is COC(=O)C=C(Sc1ccc(C)cc1)C(=O)OC. The van der Waals surface area contributed by atoms with Gasteiger partial charge in [0.25, 0.3) is 0 Å². The molecule has 1 aromatic carbocycles. The molecule has 0 saturated heterocycles. The number of methoxy groups -OCH3 is 2. The fraction of sp³-hybridized carbons (Fsp3) is 0.231. The Kier molecular flexibility index (Phi) is 5.45. The van der Waals surface area contributed by atoms with Crippen molar-refractivity contribution < 1.29 is 19.1 Å². The third kappa shape index (κ3) is 4.25. The molecule has 0 atom stereocenters. The molecule has 0 N–H and O–H groups in total. The maximum atomic E-state index is 11.5.